The lowest BCUT2D eigenvalue weighted by molar-refractivity contribution is -0.134. The number of urea groups is 1. The largest absolute Gasteiger partial charge is 0.382 e. The van der Waals surface area contributed by atoms with Crippen molar-refractivity contribution < 1.29 is 28.5 Å². The van der Waals surface area contributed by atoms with Crippen LogP contribution in [0, 0.1) is 5.92 Å². The van der Waals surface area contributed by atoms with E-state index in [0.717, 1.165) is 25.7 Å². The number of carbonyl (C=O) groups is 2. The highest BCUT2D eigenvalue weighted by Crippen LogP contribution is 2.40. The SMILES string of the molecule is COCC1OC(N2C(=O)NC(=O)[C@@H]3C=C4CCCCC4=C[C@@H]32)C(OC)C1OC. The Morgan fingerprint density at radius 3 is 2.39 bits per heavy atom. The second kappa shape index (κ2) is 7.94. The molecule has 1 N–H and O–H groups in total. The van der Waals surface area contributed by atoms with E-state index in [2.05, 4.69) is 11.4 Å². The molecule has 2 heterocycles. The number of amides is 3. The van der Waals surface area contributed by atoms with Gasteiger partial charge in [-0.1, -0.05) is 12.2 Å². The van der Waals surface area contributed by atoms with E-state index >= 15 is 0 Å². The number of methoxy groups -OCH3 is 3. The summed E-state index contributed by atoms with van der Waals surface area (Å²) in [7, 11) is 4.76. The van der Waals surface area contributed by atoms with E-state index in [1.165, 1.54) is 11.1 Å². The Kier molecular flexibility index (Phi) is 5.55. The minimum atomic E-state index is -0.675. The lowest BCUT2D eigenvalue weighted by Crippen LogP contribution is -2.64. The lowest BCUT2D eigenvalue weighted by atomic mass is 9.78. The Balaban J connectivity index is 1.67. The van der Waals surface area contributed by atoms with Crippen LogP contribution >= 0.6 is 0 Å². The average molecular weight is 392 g/mol. The Morgan fingerprint density at radius 2 is 1.75 bits per heavy atom. The van der Waals surface area contributed by atoms with Crippen LogP contribution in [0.3, 0.4) is 0 Å². The maximum atomic E-state index is 12.9. The van der Waals surface area contributed by atoms with Gasteiger partial charge in [0, 0.05) is 21.3 Å². The molecular weight excluding hydrogens is 364 g/mol. The van der Waals surface area contributed by atoms with E-state index < -0.39 is 24.3 Å². The van der Waals surface area contributed by atoms with Gasteiger partial charge in [-0.25, -0.2) is 4.79 Å². The number of carbonyl (C=O) groups excluding carboxylic acids is 2. The van der Waals surface area contributed by atoms with E-state index in [4.69, 9.17) is 18.9 Å². The first-order chi connectivity index (χ1) is 13.6. The van der Waals surface area contributed by atoms with Gasteiger partial charge in [-0.3, -0.25) is 15.0 Å². The molecule has 4 aliphatic rings. The van der Waals surface area contributed by atoms with Crippen molar-refractivity contribution in [2.24, 2.45) is 5.92 Å². The van der Waals surface area contributed by atoms with E-state index in [-0.39, 0.29) is 24.2 Å². The Labute approximate surface area is 164 Å². The number of hydrogen-bond acceptors (Lipinski definition) is 6. The number of fused-ring (bicyclic) bond motifs is 2. The van der Waals surface area contributed by atoms with Gasteiger partial charge >= 0.3 is 6.03 Å². The molecule has 28 heavy (non-hydrogen) atoms. The maximum Gasteiger partial charge on any atom is 0.326 e. The van der Waals surface area contributed by atoms with Crippen molar-refractivity contribution in [2.75, 3.05) is 27.9 Å². The molecule has 8 nitrogen and oxygen atoms in total. The van der Waals surface area contributed by atoms with Crippen molar-refractivity contribution >= 4 is 11.9 Å². The van der Waals surface area contributed by atoms with Crippen molar-refractivity contribution in [3.8, 4) is 0 Å². The summed E-state index contributed by atoms with van der Waals surface area (Å²) in [5, 5.41) is 2.49. The van der Waals surface area contributed by atoms with Gasteiger partial charge in [0.05, 0.1) is 18.6 Å². The molecule has 4 rings (SSSR count). The molecule has 6 atom stereocenters. The molecule has 2 saturated heterocycles. The molecule has 0 aromatic rings. The number of hydrogen-bond donors (Lipinski definition) is 1. The van der Waals surface area contributed by atoms with E-state index in [1.54, 1.807) is 26.2 Å². The molecule has 3 amide bonds. The van der Waals surface area contributed by atoms with Crippen LogP contribution in [0.2, 0.25) is 0 Å². The fourth-order valence-corrected chi connectivity index (χ4v) is 4.88. The van der Waals surface area contributed by atoms with Crippen molar-refractivity contribution in [2.45, 2.75) is 56.3 Å². The van der Waals surface area contributed by atoms with Crippen LogP contribution in [0.1, 0.15) is 25.7 Å². The molecule has 2 aliphatic carbocycles. The van der Waals surface area contributed by atoms with Gasteiger partial charge in [-0.15, -0.1) is 0 Å². The zero-order valence-corrected chi connectivity index (χ0v) is 16.6. The molecule has 2 aliphatic heterocycles. The first-order valence-electron chi connectivity index (χ1n) is 9.84. The van der Waals surface area contributed by atoms with E-state index in [0.29, 0.717) is 6.61 Å². The van der Waals surface area contributed by atoms with Crippen LogP contribution in [0.15, 0.2) is 23.3 Å². The molecule has 0 aromatic heterocycles. The monoisotopic (exact) mass is 392 g/mol. The van der Waals surface area contributed by atoms with Crippen LogP contribution in [0.25, 0.3) is 0 Å². The third kappa shape index (κ3) is 3.18. The van der Waals surface area contributed by atoms with Gasteiger partial charge < -0.3 is 18.9 Å². The van der Waals surface area contributed by atoms with Crippen LogP contribution in [0.5, 0.6) is 0 Å². The number of allylic oxidation sites excluding steroid dienone is 2. The van der Waals surface area contributed by atoms with Gasteiger partial charge in [0.25, 0.3) is 0 Å². The van der Waals surface area contributed by atoms with Crippen LogP contribution in [0.4, 0.5) is 4.79 Å². The quantitative estimate of drug-likeness (QED) is 0.760. The standard InChI is InChI=1S/C20H28N2O6/c1-25-10-15-16(26-2)17(27-3)19(28-15)22-14-9-12-7-5-4-6-11(12)8-13(14)18(23)21-20(22)24/h8-9,13-17,19H,4-7,10H2,1-3H3,(H,21,23,24)/t13-,14+,15?,16?,17?,19?/m1/s1. The minimum absolute atomic E-state index is 0.261. The molecule has 154 valence electrons. The van der Waals surface area contributed by atoms with Gasteiger partial charge in [-0.2, -0.15) is 0 Å². The molecule has 4 unspecified atom stereocenters. The summed E-state index contributed by atoms with van der Waals surface area (Å²) in [5.74, 6) is -0.679. The molecule has 1 saturated carbocycles. The third-order valence-electron chi connectivity index (χ3n) is 6.20. The molecule has 0 spiro atoms. The lowest BCUT2D eigenvalue weighted by Gasteiger charge is -2.44. The molecular formula is C20H28N2O6. The minimum Gasteiger partial charge on any atom is -0.382 e. The summed E-state index contributed by atoms with van der Waals surface area (Å²) < 4.78 is 22.7. The molecule has 0 aromatic carbocycles. The highest BCUT2D eigenvalue weighted by Gasteiger charge is 2.54. The normalized spacial score (nSPS) is 37.8. The number of imide groups is 1. The predicted molar refractivity (Wildman–Crippen MR) is 99.4 cm³/mol. The smallest absolute Gasteiger partial charge is 0.326 e. The van der Waals surface area contributed by atoms with Gasteiger partial charge in [0.15, 0.2) is 6.23 Å². The first-order valence-corrected chi connectivity index (χ1v) is 9.84. The van der Waals surface area contributed by atoms with Crippen LogP contribution in [-0.2, 0) is 23.7 Å². The molecule has 8 heteroatoms. The zero-order valence-electron chi connectivity index (χ0n) is 16.6. The fraction of sp³-hybridized carbons (Fsp3) is 0.700. The number of nitrogens with zero attached hydrogens (tertiary/aromatic N) is 1. The number of nitrogens with one attached hydrogen (secondary N) is 1. The summed E-state index contributed by atoms with van der Waals surface area (Å²) in [4.78, 5) is 27.0. The van der Waals surface area contributed by atoms with Gasteiger partial charge in [0.1, 0.15) is 18.3 Å². The Bertz CT molecular complexity index is 705. The summed E-state index contributed by atoms with van der Waals surface area (Å²) in [5.41, 5.74) is 2.48. The van der Waals surface area contributed by atoms with Gasteiger partial charge in [0.2, 0.25) is 5.91 Å². The maximum absolute atomic E-state index is 12.9. The second-order valence-electron chi connectivity index (χ2n) is 7.73. The number of rotatable bonds is 5. The first kappa shape index (κ1) is 19.6. The molecule has 3 fully saturated rings. The predicted octanol–water partition coefficient (Wildman–Crippen LogP) is 1.36. The zero-order chi connectivity index (χ0) is 19.8. The third-order valence-corrected chi connectivity index (χ3v) is 6.20. The summed E-state index contributed by atoms with van der Waals surface area (Å²) in [6.07, 6.45) is 6.43. The van der Waals surface area contributed by atoms with Crippen LogP contribution < -0.4 is 5.32 Å². The second-order valence-corrected chi connectivity index (χ2v) is 7.73. The molecule has 0 bridgehead atoms. The Hall–Kier alpha value is -1.74. The van der Waals surface area contributed by atoms with Crippen molar-refractivity contribution in [3.05, 3.63) is 23.3 Å². The number of ether oxygens (including phenoxy) is 4. The topological polar surface area (TPSA) is 86.3 Å². The summed E-state index contributed by atoms with van der Waals surface area (Å²) >= 11 is 0. The Morgan fingerprint density at radius 1 is 1.07 bits per heavy atom. The highest BCUT2D eigenvalue weighted by atomic mass is 16.6. The van der Waals surface area contributed by atoms with Crippen molar-refractivity contribution in [3.63, 3.8) is 0 Å². The molecule has 0 radical (unpaired) electrons. The van der Waals surface area contributed by atoms with Crippen molar-refractivity contribution in [1.29, 1.82) is 0 Å². The average Bonchev–Trinajstić information content (AvgIpc) is 3.04. The van der Waals surface area contributed by atoms with E-state index in [1.807, 2.05) is 6.08 Å². The summed E-state index contributed by atoms with van der Waals surface area (Å²) in [6, 6.07) is -0.852. The summed E-state index contributed by atoms with van der Waals surface area (Å²) in [6.45, 7) is 0.322. The van der Waals surface area contributed by atoms with Crippen LogP contribution in [-0.4, -0.2) is 75.4 Å². The highest BCUT2D eigenvalue weighted by molar-refractivity contribution is 6.00. The van der Waals surface area contributed by atoms with E-state index in [9.17, 15) is 9.59 Å². The van der Waals surface area contributed by atoms with Gasteiger partial charge in [-0.05, 0) is 36.8 Å². The fourth-order valence-electron chi connectivity index (χ4n) is 4.88. The van der Waals surface area contributed by atoms with Crippen molar-refractivity contribution in [1.82, 2.24) is 10.2 Å².